The van der Waals surface area contributed by atoms with E-state index in [2.05, 4.69) is 5.32 Å². The molecule has 1 aliphatic carbocycles. The zero-order valence-corrected chi connectivity index (χ0v) is 15.2. The standard InChI is InChI=1S/C19H22N2O6/c1-12-4-2-3-7-19(12)17(23)21(18(24)20-19)9-16(22)25-10-13-5-6-14-15(8-13)27-11-26-14/h5-6,8,12H,2-4,7,9-11H2,1H3,(H,20,24)/t12-,19-/m1/s1. The van der Waals surface area contributed by atoms with Gasteiger partial charge in [-0.25, -0.2) is 4.79 Å². The quantitative estimate of drug-likeness (QED) is 0.640. The van der Waals surface area contributed by atoms with Gasteiger partial charge in [0.05, 0.1) is 0 Å². The topological polar surface area (TPSA) is 94.2 Å². The summed E-state index contributed by atoms with van der Waals surface area (Å²) in [7, 11) is 0. The summed E-state index contributed by atoms with van der Waals surface area (Å²) in [5, 5.41) is 2.83. The number of urea groups is 1. The molecule has 8 nitrogen and oxygen atoms in total. The molecule has 0 unspecified atom stereocenters. The fourth-order valence-electron chi connectivity index (χ4n) is 4.01. The van der Waals surface area contributed by atoms with E-state index in [9.17, 15) is 14.4 Å². The van der Waals surface area contributed by atoms with E-state index in [1.54, 1.807) is 18.2 Å². The summed E-state index contributed by atoms with van der Waals surface area (Å²) in [4.78, 5) is 38.3. The van der Waals surface area contributed by atoms with Crippen LogP contribution in [-0.2, 0) is 20.9 Å². The van der Waals surface area contributed by atoms with E-state index >= 15 is 0 Å². The summed E-state index contributed by atoms with van der Waals surface area (Å²) in [5.41, 5.74) is -0.130. The highest BCUT2D eigenvalue weighted by Crippen LogP contribution is 2.38. The normalized spacial score (nSPS) is 26.4. The molecule has 2 fully saturated rings. The van der Waals surface area contributed by atoms with E-state index in [1.807, 2.05) is 6.92 Å². The molecule has 3 aliphatic rings. The Bertz CT molecular complexity index is 794. The predicted octanol–water partition coefficient (Wildman–Crippen LogP) is 1.96. The number of fused-ring (bicyclic) bond motifs is 1. The molecular formula is C19H22N2O6. The van der Waals surface area contributed by atoms with Crippen LogP contribution in [0.4, 0.5) is 4.79 Å². The van der Waals surface area contributed by atoms with Gasteiger partial charge in [-0.05, 0) is 36.5 Å². The van der Waals surface area contributed by atoms with E-state index in [0.29, 0.717) is 17.9 Å². The van der Waals surface area contributed by atoms with E-state index in [4.69, 9.17) is 14.2 Å². The summed E-state index contributed by atoms with van der Waals surface area (Å²) in [6.07, 6.45) is 3.43. The zero-order chi connectivity index (χ0) is 19.0. The Kier molecular flexibility index (Phi) is 4.41. The third-order valence-electron chi connectivity index (χ3n) is 5.63. The van der Waals surface area contributed by atoms with Crippen LogP contribution in [0.5, 0.6) is 11.5 Å². The molecular weight excluding hydrogens is 352 g/mol. The van der Waals surface area contributed by atoms with Gasteiger partial charge in [-0.1, -0.05) is 25.8 Å². The highest BCUT2D eigenvalue weighted by Gasteiger charge is 2.55. The van der Waals surface area contributed by atoms with Crippen molar-refractivity contribution in [3.63, 3.8) is 0 Å². The summed E-state index contributed by atoms with van der Waals surface area (Å²) in [6.45, 7) is 1.79. The lowest BCUT2D eigenvalue weighted by atomic mass is 9.73. The number of nitrogens with one attached hydrogen (secondary N) is 1. The first kappa shape index (κ1) is 17.6. The molecule has 144 valence electrons. The molecule has 0 radical (unpaired) electrons. The smallest absolute Gasteiger partial charge is 0.326 e. The lowest BCUT2D eigenvalue weighted by Gasteiger charge is -2.36. The van der Waals surface area contributed by atoms with Gasteiger partial charge in [-0.2, -0.15) is 0 Å². The number of hydrogen-bond acceptors (Lipinski definition) is 6. The first-order valence-corrected chi connectivity index (χ1v) is 9.18. The van der Waals surface area contributed by atoms with Gasteiger partial charge < -0.3 is 19.5 Å². The van der Waals surface area contributed by atoms with E-state index in [-0.39, 0.29) is 31.8 Å². The third-order valence-corrected chi connectivity index (χ3v) is 5.63. The van der Waals surface area contributed by atoms with Crippen LogP contribution in [0.3, 0.4) is 0 Å². The molecule has 1 aromatic carbocycles. The Morgan fingerprint density at radius 1 is 1.30 bits per heavy atom. The van der Waals surface area contributed by atoms with Crippen molar-refractivity contribution in [1.82, 2.24) is 10.2 Å². The summed E-state index contributed by atoms with van der Waals surface area (Å²) >= 11 is 0. The van der Waals surface area contributed by atoms with E-state index in [1.165, 1.54) is 0 Å². The number of esters is 1. The summed E-state index contributed by atoms with van der Waals surface area (Å²) < 4.78 is 15.8. The number of hydrogen-bond donors (Lipinski definition) is 1. The van der Waals surface area contributed by atoms with Crippen LogP contribution < -0.4 is 14.8 Å². The fraction of sp³-hybridized carbons (Fsp3) is 0.526. The molecule has 1 N–H and O–H groups in total. The maximum absolute atomic E-state index is 12.8. The van der Waals surface area contributed by atoms with Crippen LogP contribution in [0.15, 0.2) is 18.2 Å². The van der Waals surface area contributed by atoms with Gasteiger partial charge in [-0.15, -0.1) is 0 Å². The molecule has 0 bridgehead atoms. The number of carbonyl (C=O) groups excluding carboxylic acids is 3. The predicted molar refractivity (Wildman–Crippen MR) is 93.0 cm³/mol. The van der Waals surface area contributed by atoms with Crippen LogP contribution in [0.1, 0.15) is 38.2 Å². The average molecular weight is 374 g/mol. The van der Waals surface area contributed by atoms with Crippen molar-refractivity contribution in [3.05, 3.63) is 23.8 Å². The van der Waals surface area contributed by atoms with Gasteiger partial charge in [0.15, 0.2) is 11.5 Å². The van der Waals surface area contributed by atoms with Gasteiger partial charge in [0.25, 0.3) is 5.91 Å². The first-order chi connectivity index (χ1) is 13.0. The molecule has 1 spiro atoms. The van der Waals surface area contributed by atoms with Gasteiger partial charge in [0.1, 0.15) is 18.7 Å². The second-order valence-corrected chi connectivity index (χ2v) is 7.29. The number of benzene rings is 1. The highest BCUT2D eigenvalue weighted by atomic mass is 16.7. The Morgan fingerprint density at radius 2 is 2.11 bits per heavy atom. The Balaban J connectivity index is 1.36. The minimum absolute atomic E-state index is 0.0284. The Hall–Kier alpha value is -2.77. The molecule has 8 heteroatoms. The number of imide groups is 1. The number of rotatable bonds is 4. The van der Waals surface area contributed by atoms with Crippen molar-refractivity contribution in [2.75, 3.05) is 13.3 Å². The van der Waals surface area contributed by atoms with E-state index in [0.717, 1.165) is 29.7 Å². The van der Waals surface area contributed by atoms with Gasteiger partial charge in [-0.3, -0.25) is 14.5 Å². The third kappa shape index (κ3) is 3.09. The monoisotopic (exact) mass is 374 g/mol. The molecule has 2 aliphatic heterocycles. The lowest BCUT2D eigenvalue weighted by molar-refractivity contribution is -0.149. The second kappa shape index (κ2) is 6.75. The first-order valence-electron chi connectivity index (χ1n) is 9.18. The molecule has 27 heavy (non-hydrogen) atoms. The van der Waals surface area contributed by atoms with Crippen molar-refractivity contribution >= 4 is 17.9 Å². The molecule has 2 atom stereocenters. The SMILES string of the molecule is C[C@@H]1CCCC[C@@]12NC(=O)N(CC(=O)OCc1ccc3c(c1)OCO3)C2=O. The maximum Gasteiger partial charge on any atom is 0.326 e. The second-order valence-electron chi connectivity index (χ2n) is 7.29. The van der Waals surface area contributed by atoms with Gasteiger partial charge in [0, 0.05) is 0 Å². The summed E-state index contributed by atoms with van der Waals surface area (Å²) in [5.74, 6) is 0.357. The number of ether oxygens (including phenoxy) is 3. The van der Waals surface area contributed by atoms with Crippen molar-refractivity contribution in [2.45, 2.75) is 44.8 Å². The minimum atomic E-state index is -0.868. The van der Waals surface area contributed by atoms with Crippen molar-refractivity contribution in [3.8, 4) is 11.5 Å². The van der Waals surface area contributed by atoms with Crippen LogP contribution in [0.2, 0.25) is 0 Å². The van der Waals surface area contributed by atoms with E-state index < -0.39 is 17.5 Å². The van der Waals surface area contributed by atoms with Gasteiger partial charge in [0.2, 0.25) is 6.79 Å². The van der Waals surface area contributed by atoms with Gasteiger partial charge >= 0.3 is 12.0 Å². The van der Waals surface area contributed by atoms with Crippen LogP contribution in [-0.4, -0.2) is 41.7 Å². The molecule has 2 heterocycles. The molecule has 1 saturated carbocycles. The highest BCUT2D eigenvalue weighted by molar-refractivity contribution is 6.08. The van der Waals surface area contributed by atoms with Crippen LogP contribution >= 0.6 is 0 Å². The van der Waals surface area contributed by atoms with Crippen LogP contribution in [0.25, 0.3) is 0 Å². The van der Waals surface area contributed by atoms with Crippen molar-refractivity contribution < 1.29 is 28.6 Å². The number of nitrogens with zero attached hydrogens (tertiary/aromatic N) is 1. The molecule has 1 saturated heterocycles. The van der Waals surface area contributed by atoms with Crippen molar-refractivity contribution in [1.29, 1.82) is 0 Å². The maximum atomic E-state index is 12.8. The Labute approximate surface area is 156 Å². The molecule has 1 aromatic rings. The number of amides is 3. The van der Waals surface area contributed by atoms with Crippen LogP contribution in [0, 0.1) is 5.92 Å². The Morgan fingerprint density at radius 3 is 2.93 bits per heavy atom. The largest absolute Gasteiger partial charge is 0.459 e. The molecule has 3 amide bonds. The average Bonchev–Trinajstić information content (AvgIpc) is 3.21. The molecule has 4 rings (SSSR count). The lowest BCUT2D eigenvalue weighted by Crippen LogP contribution is -2.54. The fourth-order valence-corrected chi connectivity index (χ4v) is 4.01. The van der Waals surface area contributed by atoms with Crippen molar-refractivity contribution in [2.24, 2.45) is 5.92 Å². The molecule has 0 aromatic heterocycles. The zero-order valence-electron chi connectivity index (χ0n) is 15.2. The minimum Gasteiger partial charge on any atom is -0.459 e. The number of carbonyl (C=O) groups is 3. The summed E-state index contributed by atoms with van der Waals surface area (Å²) in [6, 6.07) is 4.74.